The molecular weight excluding hydrogens is 346 g/mol. The van der Waals surface area contributed by atoms with Gasteiger partial charge in [0.1, 0.15) is 12.4 Å². The highest BCUT2D eigenvalue weighted by Crippen LogP contribution is 2.25. The highest BCUT2D eigenvalue weighted by atomic mass is 79.9. The molecule has 0 atom stereocenters. The van der Waals surface area contributed by atoms with Crippen molar-refractivity contribution in [2.24, 2.45) is 0 Å². The molecule has 0 fully saturated rings. The number of thiophene rings is 1. The molecule has 0 radical (unpaired) electrons. The molecule has 1 N–H and O–H groups in total. The van der Waals surface area contributed by atoms with Crippen molar-refractivity contribution >= 4 is 27.3 Å². The van der Waals surface area contributed by atoms with E-state index in [1.165, 1.54) is 27.3 Å². The van der Waals surface area contributed by atoms with E-state index in [0.29, 0.717) is 6.61 Å². The molecule has 0 unspecified atom stereocenters. The molecule has 1 aromatic carbocycles. The first-order valence-corrected chi connectivity index (χ1v) is 8.89. The lowest BCUT2D eigenvalue weighted by molar-refractivity contribution is 0.305. The molecule has 1 heterocycles. The van der Waals surface area contributed by atoms with Crippen molar-refractivity contribution in [3.05, 3.63) is 49.6 Å². The van der Waals surface area contributed by atoms with Crippen molar-refractivity contribution in [2.75, 3.05) is 6.54 Å². The molecule has 0 saturated heterocycles. The predicted molar refractivity (Wildman–Crippen MR) is 94.3 cm³/mol. The Bertz CT molecular complexity index is 594. The molecule has 0 aliphatic heterocycles. The predicted octanol–water partition coefficient (Wildman–Crippen LogP) is 5.21. The highest BCUT2D eigenvalue weighted by molar-refractivity contribution is 9.10. The van der Waals surface area contributed by atoms with Crippen LogP contribution >= 0.6 is 27.3 Å². The second-order valence-electron chi connectivity index (χ2n) is 5.17. The van der Waals surface area contributed by atoms with Gasteiger partial charge in [-0.2, -0.15) is 0 Å². The Kier molecular flexibility index (Phi) is 6.27. The van der Waals surface area contributed by atoms with Crippen LogP contribution in [0.4, 0.5) is 0 Å². The summed E-state index contributed by atoms with van der Waals surface area (Å²) in [5.41, 5.74) is 2.48. The molecular formula is C17H22BrNOS. The summed E-state index contributed by atoms with van der Waals surface area (Å²) in [5.74, 6) is 0.923. The number of benzene rings is 1. The minimum absolute atomic E-state index is 0.636. The minimum Gasteiger partial charge on any atom is -0.489 e. The van der Waals surface area contributed by atoms with E-state index in [1.807, 2.05) is 23.5 Å². The molecule has 114 valence electrons. The van der Waals surface area contributed by atoms with Crippen molar-refractivity contribution in [3.63, 3.8) is 0 Å². The van der Waals surface area contributed by atoms with Gasteiger partial charge in [0.05, 0.1) is 0 Å². The molecule has 0 amide bonds. The first-order valence-electron chi connectivity index (χ1n) is 7.28. The van der Waals surface area contributed by atoms with Gasteiger partial charge in [-0.15, -0.1) is 11.3 Å². The van der Waals surface area contributed by atoms with Gasteiger partial charge in [-0.05, 0) is 56.6 Å². The SMILES string of the molecule is CCCNCc1cc(COc2ccc(Br)c(C)c2)c(C)s1. The number of hydrogen-bond donors (Lipinski definition) is 1. The van der Waals surface area contributed by atoms with Gasteiger partial charge in [0.15, 0.2) is 0 Å². The Balaban J connectivity index is 1.94. The standard InChI is InChI=1S/C17H22BrNOS/c1-4-7-19-10-16-9-14(13(3)21-16)11-20-15-5-6-17(18)12(2)8-15/h5-6,8-9,19H,4,7,10-11H2,1-3H3. The quantitative estimate of drug-likeness (QED) is 0.678. The third-order valence-corrected chi connectivity index (χ3v) is 5.30. The minimum atomic E-state index is 0.636. The second kappa shape index (κ2) is 7.97. The van der Waals surface area contributed by atoms with E-state index in [0.717, 1.165) is 23.3 Å². The topological polar surface area (TPSA) is 21.3 Å². The number of aryl methyl sites for hydroxylation is 2. The Morgan fingerprint density at radius 1 is 1.24 bits per heavy atom. The molecule has 0 aliphatic rings. The monoisotopic (exact) mass is 367 g/mol. The zero-order valence-corrected chi connectivity index (χ0v) is 15.2. The van der Waals surface area contributed by atoms with Crippen LogP contribution in [0.1, 0.15) is 34.2 Å². The number of nitrogens with one attached hydrogen (secondary N) is 1. The molecule has 4 heteroatoms. The Hall–Kier alpha value is -0.840. The van der Waals surface area contributed by atoms with Crippen LogP contribution < -0.4 is 10.1 Å². The largest absolute Gasteiger partial charge is 0.489 e. The van der Waals surface area contributed by atoms with Crippen molar-refractivity contribution < 1.29 is 4.74 Å². The van der Waals surface area contributed by atoms with E-state index >= 15 is 0 Å². The maximum Gasteiger partial charge on any atom is 0.120 e. The lowest BCUT2D eigenvalue weighted by Crippen LogP contribution is -2.12. The van der Waals surface area contributed by atoms with Crippen molar-refractivity contribution in [1.82, 2.24) is 5.32 Å². The van der Waals surface area contributed by atoms with Crippen LogP contribution in [0.25, 0.3) is 0 Å². The summed E-state index contributed by atoms with van der Waals surface area (Å²) in [5, 5.41) is 3.44. The smallest absolute Gasteiger partial charge is 0.120 e. The molecule has 2 aromatic rings. The van der Waals surface area contributed by atoms with Gasteiger partial charge >= 0.3 is 0 Å². The van der Waals surface area contributed by atoms with Crippen LogP contribution in [-0.2, 0) is 13.2 Å². The van der Waals surface area contributed by atoms with Gasteiger partial charge in [0, 0.05) is 26.3 Å². The molecule has 0 saturated carbocycles. The van der Waals surface area contributed by atoms with Crippen LogP contribution in [0.2, 0.25) is 0 Å². The molecule has 0 bridgehead atoms. The molecule has 2 rings (SSSR count). The Labute approximate surface area is 139 Å². The summed E-state index contributed by atoms with van der Waals surface area (Å²) >= 11 is 5.36. The maximum atomic E-state index is 5.91. The summed E-state index contributed by atoms with van der Waals surface area (Å²) in [6.07, 6.45) is 1.17. The lowest BCUT2D eigenvalue weighted by Gasteiger charge is -2.07. The average Bonchev–Trinajstić information content (AvgIpc) is 2.81. The van der Waals surface area contributed by atoms with E-state index in [4.69, 9.17) is 4.74 Å². The third kappa shape index (κ3) is 4.83. The van der Waals surface area contributed by atoms with Gasteiger partial charge in [-0.25, -0.2) is 0 Å². The van der Waals surface area contributed by atoms with E-state index in [1.54, 1.807) is 0 Å². The van der Waals surface area contributed by atoms with E-state index in [9.17, 15) is 0 Å². The van der Waals surface area contributed by atoms with Crippen LogP contribution in [0.5, 0.6) is 5.75 Å². The summed E-state index contributed by atoms with van der Waals surface area (Å²) in [7, 11) is 0. The third-order valence-electron chi connectivity index (χ3n) is 3.32. The van der Waals surface area contributed by atoms with E-state index < -0.39 is 0 Å². The second-order valence-corrected chi connectivity index (χ2v) is 7.37. The van der Waals surface area contributed by atoms with Crippen molar-refractivity contribution in [3.8, 4) is 5.75 Å². The van der Waals surface area contributed by atoms with Gasteiger partial charge in [-0.3, -0.25) is 0 Å². The first-order chi connectivity index (χ1) is 10.1. The summed E-state index contributed by atoms with van der Waals surface area (Å²) in [4.78, 5) is 2.73. The van der Waals surface area contributed by atoms with Crippen molar-refractivity contribution in [1.29, 1.82) is 0 Å². The number of rotatable bonds is 7. The highest BCUT2D eigenvalue weighted by Gasteiger charge is 2.07. The summed E-state index contributed by atoms with van der Waals surface area (Å²) in [6, 6.07) is 8.36. The maximum absolute atomic E-state index is 5.91. The molecule has 2 nitrogen and oxygen atoms in total. The fourth-order valence-corrected chi connectivity index (χ4v) is 3.34. The van der Waals surface area contributed by atoms with E-state index in [2.05, 4.69) is 54.2 Å². The van der Waals surface area contributed by atoms with E-state index in [-0.39, 0.29) is 0 Å². The lowest BCUT2D eigenvalue weighted by atomic mass is 10.2. The first kappa shape index (κ1) is 16.5. The normalized spacial score (nSPS) is 10.9. The zero-order valence-electron chi connectivity index (χ0n) is 12.8. The van der Waals surface area contributed by atoms with Crippen molar-refractivity contribution in [2.45, 2.75) is 40.3 Å². The van der Waals surface area contributed by atoms with Crippen LogP contribution in [0.3, 0.4) is 0 Å². The molecule has 21 heavy (non-hydrogen) atoms. The number of ether oxygens (including phenoxy) is 1. The zero-order chi connectivity index (χ0) is 15.2. The van der Waals surface area contributed by atoms with Gasteiger partial charge in [0.2, 0.25) is 0 Å². The van der Waals surface area contributed by atoms with Gasteiger partial charge < -0.3 is 10.1 Å². The summed E-state index contributed by atoms with van der Waals surface area (Å²) < 4.78 is 7.03. The van der Waals surface area contributed by atoms with Gasteiger partial charge in [0.25, 0.3) is 0 Å². The van der Waals surface area contributed by atoms with Crippen LogP contribution in [0, 0.1) is 13.8 Å². The number of halogens is 1. The fourth-order valence-electron chi connectivity index (χ4n) is 2.07. The van der Waals surface area contributed by atoms with Crippen LogP contribution in [-0.4, -0.2) is 6.54 Å². The fraction of sp³-hybridized carbons (Fsp3) is 0.412. The average molecular weight is 368 g/mol. The van der Waals surface area contributed by atoms with Gasteiger partial charge in [-0.1, -0.05) is 22.9 Å². The Morgan fingerprint density at radius 3 is 2.76 bits per heavy atom. The molecule has 0 aliphatic carbocycles. The Morgan fingerprint density at radius 2 is 2.05 bits per heavy atom. The molecule has 1 aromatic heterocycles. The number of hydrogen-bond acceptors (Lipinski definition) is 3. The van der Waals surface area contributed by atoms with Crippen LogP contribution in [0.15, 0.2) is 28.7 Å². The summed E-state index contributed by atoms with van der Waals surface area (Å²) in [6.45, 7) is 9.09. The molecule has 0 spiro atoms.